The van der Waals surface area contributed by atoms with Crippen LogP contribution in [0.1, 0.15) is 18.6 Å². The van der Waals surface area contributed by atoms with Crippen molar-refractivity contribution in [2.24, 2.45) is 0 Å². The Labute approximate surface area is 147 Å². The van der Waals surface area contributed by atoms with E-state index in [4.69, 9.17) is 13.9 Å². The third-order valence-corrected chi connectivity index (χ3v) is 4.18. The number of aliphatic hydroxyl groups is 1. The summed E-state index contributed by atoms with van der Waals surface area (Å²) in [5.41, 5.74) is 0. The van der Waals surface area contributed by atoms with Gasteiger partial charge in [-0.25, -0.2) is 4.39 Å². The van der Waals surface area contributed by atoms with Crippen LogP contribution in [0.5, 0.6) is 5.75 Å². The second-order valence-electron chi connectivity index (χ2n) is 6.30. The smallest absolute Gasteiger partial charge is 0.165 e. The van der Waals surface area contributed by atoms with Gasteiger partial charge in [-0.3, -0.25) is 4.90 Å². The Morgan fingerprint density at radius 3 is 2.88 bits per heavy atom. The summed E-state index contributed by atoms with van der Waals surface area (Å²) in [5.74, 6) is 0.556. The molecule has 0 radical (unpaired) electrons. The van der Waals surface area contributed by atoms with Gasteiger partial charge < -0.3 is 19.0 Å². The molecule has 1 aliphatic heterocycles. The minimum atomic E-state index is -0.740. The van der Waals surface area contributed by atoms with Gasteiger partial charge in [0.25, 0.3) is 0 Å². The topological polar surface area (TPSA) is 55.1 Å². The quantitative estimate of drug-likeness (QED) is 0.754. The fourth-order valence-corrected chi connectivity index (χ4v) is 3.00. The summed E-state index contributed by atoms with van der Waals surface area (Å²) >= 11 is 0. The van der Waals surface area contributed by atoms with Crippen LogP contribution < -0.4 is 4.74 Å². The number of hydrogen-bond donors (Lipinski definition) is 1. The molecule has 1 aromatic carbocycles. The first kappa shape index (κ1) is 17.9. The van der Waals surface area contributed by atoms with Gasteiger partial charge in [-0.2, -0.15) is 0 Å². The standard InChI is InChI=1S/C19H24FNO4/c20-18-7-1-2-8-19(18)25-14-15(22)11-21(12-16-5-3-9-23-16)13-17-6-4-10-24-17/h1-3,5,7-9,15,17,22H,4,6,10-14H2. The molecule has 2 atom stereocenters. The molecule has 3 rings (SSSR count). The van der Waals surface area contributed by atoms with Crippen LogP contribution in [0.2, 0.25) is 0 Å². The minimum Gasteiger partial charge on any atom is -0.488 e. The molecule has 2 unspecified atom stereocenters. The highest BCUT2D eigenvalue weighted by Gasteiger charge is 2.22. The van der Waals surface area contributed by atoms with Gasteiger partial charge in [0.15, 0.2) is 11.6 Å². The maximum atomic E-state index is 13.6. The number of rotatable bonds is 9. The molecule has 0 aliphatic carbocycles. The third-order valence-electron chi connectivity index (χ3n) is 4.18. The van der Waals surface area contributed by atoms with Crippen LogP contribution in [0.4, 0.5) is 4.39 Å². The number of hydrogen-bond acceptors (Lipinski definition) is 5. The van der Waals surface area contributed by atoms with Crippen LogP contribution in [0.15, 0.2) is 47.1 Å². The number of furan rings is 1. The largest absolute Gasteiger partial charge is 0.488 e. The molecule has 1 saturated heterocycles. The van der Waals surface area contributed by atoms with E-state index in [9.17, 15) is 9.50 Å². The number of ether oxygens (including phenoxy) is 2. The Morgan fingerprint density at radius 1 is 1.28 bits per heavy atom. The third kappa shape index (κ3) is 5.56. The van der Waals surface area contributed by atoms with Crippen molar-refractivity contribution < 1.29 is 23.4 Å². The van der Waals surface area contributed by atoms with E-state index in [1.54, 1.807) is 24.5 Å². The van der Waals surface area contributed by atoms with Crippen molar-refractivity contribution in [1.29, 1.82) is 0 Å². The molecule has 1 aromatic heterocycles. The van der Waals surface area contributed by atoms with Gasteiger partial charge in [0.1, 0.15) is 18.5 Å². The Morgan fingerprint density at radius 2 is 2.16 bits per heavy atom. The van der Waals surface area contributed by atoms with Gasteiger partial charge in [-0.05, 0) is 37.1 Å². The van der Waals surface area contributed by atoms with Crippen LogP contribution in [0.25, 0.3) is 0 Å². The first-order chi connectivity index (χ1) is 12.2. The zero-order chi connectivity index (χ0) is 17.5. The molecule has 1 fully saturated rings. The number of benzene rings is 1. The maximum Gasteiger partial charge on any atom is 0.165 e. The van der Waals surface area contributed by atoms with Crippen molar-refractivity contribution in [2.75, 3.05) is 26.3 Å². The second-order valence-corrected chi connectivity index (χ2v) is 6.30. The van der Waals surface area contributed by atoms with E-state index in [2.05, 4.69) is 4.90 Å². The summed E-state index contributed by atoms with van der Waals surface area (Å²) in [7, 11) is 0. The minimum absolute atomic E-state index is 0.0289. The van der Waals surface area contributed by atoms with Gasteiger partial charge in [0, 0.05) is 19.7 Å². The average molecular weight is 349 g/mol. The molecule has 0 saturated carbocycles. The van der Waals surface area contributed by atoms with Crippen molar-refractivity contribution in [3.63, 3.8) is 0 Å². The summed E-state index contributed by atoms with van der Waals surface area (Å²) in [6.45, 7) is 2.52. The fourth-order valence-electron chi connectivity index (χ4n) is 3.00. The number of halogens is 1. The van der Waals surface area contributed by atoms with Gasteiger partial charge >= 0.3 is 0 Å². The molecule has 5 nitrogen and oxygen atoms in total. The second kappa shape index (κ2) is 8.99. The van der Waals surface area contributed by atoms with Crippen molar-refractivity contribution in [1.82, 2.24) is 4.90 Å². The van der Waals surface area contributed by atoms with E-state index in [1.165, 1.54) is 6.07 Å². The van der Waals surface area contributed by atoms with E-state index in [-0.39, 0.29) is 18.5 Å². The lowest BCUT2D eigenvalue weighted by Crippen LogP contribution is -2.39. The van der Waals surface area contributed by atoms with Crippen molar-refractivity contribution in [3.8, 4) is 5.75 Å². The lowest BCUT2D eigenvalue weighted by Gasteiger charge is -2.26. The molecule has 2 aromatic rings. The Balaban J connectivity index is 1.53. The molecule has 2 heterocycles. The van der Waals surface area contributed by atoms with E-state index >= 15 is 0 Å². The van der Waals surface area contributed by atoms with Crippen molar-refractivity contribution in [2.45, 2.75) is 31.6 Å². The molecular formula is C19H24FNO4. The van der Waals surface area contributed by atoms with E-state index < -0.39 is 11.9 Å². The lowest BCUT2D eigenvalue weighted by atomic mass is 10.2. The molecule has 1 aliphatic rings. The molecular weight excluding hydrogens is 325 g/mol. The van der Waals surface area contributed by atoms with Crippen molar-refractivity contribution in [3.05, 3.63) is 54.2 Å². The Hall–Kier alpha value is -1.89. The molecule has 136 valence electrons. The summed E-state index contributed by atoms with van der Waals surface area (Å²) < 4.78 is 30.1. The van der Waals surface area contributed by atoms with E-state index in [0.29, 0.717) is 13.1 Å². The summed E-state index contributed by atoms with van der Waals surface area (Å²) in [4.78, 5) is 2.09. The zero-order valence-electron chi connectivity index (χ0n) is 14.1. The number of nitrogens with zero attached hydrogens (tertiary/aromatic N) is 1. The van der Waals surface area contributed by atoms with Crippen LogP contribution in [0.3, 0.4) is 0 Å². The first-order valence-corrected chi connectivity index (χ1v) is 8.62. The number of aliphatic hydroxyl groups excluding tert-OH is 1. The van der Waals surface area contributed by atoms with Gasteiger partial charge in [-0.15, -0.1) is 0 Å². The normalized spacial score (nSPS) is 18.6. The van der Waals surface area contributed by atoms with Crippen LogP contribution in [-0.4, -0.2) is 48.5 Å². The summed E-state index contributed by atoms with van der Waals surface area (Å²) in [6, 6.07) is 9.94. The van der Waals surface area contributed by atoms with Crippen LogP contribution >= 0.6 is 0 Å². The average Bonchev–Trinajstić information content (AvgIpc) is 3.28. The number of para-hydroxylation sites is 1. The molecule has 1 N–H and O–H groups in total. The zero-order valence-corrected chi connectivity index (χ0v) is 14.1. The van der Waals surface area contributed by atoms with Gasteiger partial charge in [0.2, 0.25) is 0 Å². The molecule has 6 heteroatoms. The van der Waals surface area contributed by atoms with Crippen LogP contribution in [0, 0.1) is 5.82 Å². The first-order valence-electron chi connectivity index (χ1n) is 8.62. The monoisotopic (exact) mass is 349 g/mol. The highest BCUT2D eigenvalue weighted by atomic mass is 19.1. The molecule has 0 amide bonds. The molecule has 25 heavy (non-hydrogen) atoms. The Kier molecular flexibility index (Phi) is 6.44. The van der Waals surface area contributed by atoms with Crippen LogP contribution in [-0.2, 0) is 11.3 Å². The summed E-state index contributed by atoms with van der Waals surface area (Å²) in [6.07, 6.45) is 3.16. The van der Waals surface area contributed by atoms with Gasteiger partial charge in [0.05, 0.1) is 18.9 Å². The Bertz CT molecular complexity index is 628. The van der Waals surface area contributed by atoms with Gasteiger partial charge in [-0.1, -0.05) is 12.1 Å². The lowest BCUT2D eigenvalue weighted by molar-refractivity contribution is 0.0285. The van der Waals surface area contributed by atoms with Crippen molar-refractivity contribution >= 4 is 0 Å². The van der Waals surface area contributed by atoms with E-state index in [0.717, 1.165) is 31.8 Å². The molecule has 0 spiro atoms. The fraction of sp³-hybridized carbons (Fsp3) is 0.474. The predicted octanol–water partition coefficient (Wildman–Crippen LogP) is 2.84. The van der Waals surface area contributed by atoms with E-state index in [1.807, 2.05) is 12.1 Å². The maximum absolute atomic E-state index is 13.6. The SMILES string of the molecule is OC(COc1ccccc1F)CN(Cc1ccco1)CC1CCCO1. The highest BCUT2D eigenvalue weighted by Crippen LogP contribution is 2.17. The summed E-state index contributed by atoms with van der Waals surface area (Å²) in [5, 5.41) is 10.3. The molecule has 0 bridgehead atoms. The predicted molar refractivity (Wildman–Crippen MR) is 90.9 cm³/mol. The highest BCUT2D eigenvalue weighted by molar-refractivity contribution is 5.23.